The smallest absolute Gasteiger partial charge is 0.229 e. The second kappa shape index (κ2) is 11.5. The van der Waals surface area contributed by atoms with Crippen LogP contribution >= 0.6 is 0 Å². The highest BCUT2D eigenvalue weighted by molar-refractivity contribution is 5.73. The van der Waals surface area contributed by atoms with Gasteiger partial charge in [-0.25, -0.2) is 4.39 Å². The first kappa shape index (κ1) is 25.1. The van der Waals surface area contributed by atoms with Crippen molar-refractivity contribution in [2.75, 3.05) is 20.3 Å². The lowest BCUT2D eigenvalue weighted by Crippen LogP contribution is -2.59. The summed E-state index contributed by atoms with van der Waals surface area (Å²) >= 11 is 0. The first-order valence-electron chi connectivity index (χ1n) is 10.8. The molecule has 0 bridgehead atoms. The van der Waals surface area contributed by atoms with Crippen molar-refractivity contribution < 1.29 is 38.7 Å². The second-order valence-electron chi connectivity index (χ2n) is 7.92. The Morgan fingerprint density at radius 3 is 2.64 bits per heavy atom. The number of benzene rings is 2. The van der Waals surface area contributed by atoms with Gasteiger partial charge < -0.3 is 34.8 Å². The molecule has 4 N–H and O–H groups in total. The molecule has 2 aromatic carbocycles. The zero-order valence-corrected chi connectivity index (χ0v) is 18.6. The van der Waals surface area contributed by atoms with Crippen LogP contribution in [0.15, 0.2) is 42.5 Å². The number of ether oxygens (including phenoxy) is 3. The normalized spacial score (nSPS) is 25.0. The Labute approximate surface area is 191 Å². The maximum absolute atomic E-state index is 13.9. The van der Waals surface area contributed by atoms with Gasteiger partial charge in [-0.15, -0.1) is 0 Å². The van der Waals surface area contributed by atoms with E-state index in [1.54, 1.807) is 30.3 Å². The van der Waals surface area contributed by atoms with Crippen LogP contribution in [0.4, 0.5) is 4.39 Å². The van der Waals surface area contributed by atoms with E-state index in [0.29, 0.717) is 29.8 Å². The van der Waals surface area contributed by atoms with Crippen LogP contribution in [0.25, 0.3) is 11.1 Å². The molecule has 0 saturated carbocycles. The molecule has 1 aliphatic rings. The standard InChI is InChI=1S/C24H30FNO7/c1-14(28)26-10-8-15-6-7-18(13-19(15)16-4-3-5-17(25)12-16)32-24-22(30)21(29)23(31-2)20(33-24)9-11-27/h3-7,12-13,20-24,27,29-30H,8-11H2,1-2H3,(H,26,28)/t20-,21-,22+,23-,24+/m0/s1. The summed E-state index contributed by atoms with van der Waals surface area (Å²) in [6, 6.07) is 11.3. The number of hydrogen-bond donors (Lipinski definition) is 4. The maximum atomic E-state index is 13.9. The van der Waals surface area contributed by atoms with Gasteiger partial charge in [0.1, 0.15) is 29.9 Å². The third-order valence-electron chi connectivity index (χ3n) is 5.56. The highest BCUT2D eigenvalue weighted by atomic mass is 19.1. The van der Waals surface area contributed by atoms with E-state index in [-0.39, 0.29) is 18.9 Å². The van der Waals surface area contributed by atoms with Crippen LogP contribution in [-0.2, 0) is 20.7 Å². The molecule has 3 rings (SSSR count). The van der Waals surface area contributed by atoms with E-state index in [1.807, 2.05) is 0 Å². The SMILES string of the molecule is CO[C@@H]1[C@@H](O)[C@@H](O)[C@H](Oc2ccc(CCNC(C)=O)c(-c3cccc(F)c3)c2)O[C@H]1CCO. The lowest BCUT2D eigenvalue weighted by molar-refractivity contribution is -0.278. The molecule has 180 valence electrons. The summed E-state index contributed by atoms with van der Waals surface area (Å²) in [6.07, 6.45) is -4.64. The van der Waals surface area contributed by atoms with Gasteiger partial charge in [0, 0.05) is 27.2 Å². The van der Waals surface area contributed by atoms with E-state index in [9.17, 15) is 24.5 Å². The van der Waals surface area contributed by atoms with E-state index in [0.717, 1.165) is 5.56 Å². The Morgan fingerprint density at radius 1 is 1.18 bits per heavy atom. The molecule has 8 nitrogen and oxygen atoms in total. The Bertz CT molecular complexity index is 941. The van der Waals surface area contributed by atoms with Crippen LogP contribution < -0.4 is 10.1 Å². The number of carbonyl (C=O) groups is 1. The predicted octanol–water partition coefficient (Wildman–Crippen LogP) is 1.39. The highest BCUT2D eigenvalue weighted by Crippen LogP contribution is 2.32. The molecule has 1 aliphatic heterocycles. The molecule has 0 aliphatic carbocycles. The van der Waals surface area contributed by atoms with Crippen molar-refractivity contribution in [2.45, 2.75) is 50.5 Å². The fraction of sp³-hybridized carbons (Fsp3) is 0.458. The van der Waals surface area contributed by atoms with E-state index < -0.39 is 36.5 Å². The molecule has 0 radical (unpaired) electrons. The summed E-state index contributed by atoms with van der Waals surface area (Å²) in [7, 11) is 1.39. The van der Waals surface area contributed by atoms with Gasteiger partial charge in [0.25, 0.3) is 0 Å². The molecule has 9 heteroatoms. The number of nitrogens with one attached hydrogen (secondary N) is 1. The molecule has 0 unspecified atom stereocenters. The summed E-state index contributed by atoms with van der Waals surface area (Å²) in [5.41, 5.74) is 2.19. The Hall–Kier alpha value is -2.56. The fourth-order valence-electron chi connectivity index (χ4n) is 3.93. The van der Waals surface area contributed by atoms with Crippen molar-refractivity contribution in [3.63, 3.8) is 0 Å². The molecule has 2 aromatic rings. The van der Waals surface area contributed by atoms with Crippen molar-refractivity contribution in [3.05, 3.63) is 53.8 Å². The fourth-order valence-corrected chi connectivity index (χ4v) is 3.93. The quantitative estimate of drug-likeness (QED) is 0.444. The summed E-state index contributed by atoms with van der Waals surface area (Å²) in [5.74, 6) is -0.193. The average molecular weight is 464 g/mol. The molecule has 1 fully saturated rings. The van der Waals surface area contributed by atoms with Crippen LogP contribution in [-0.4, -0.2) is 72.2 Å². The van der Waals surface area contributed by atoms with Crippen LogP contribution in [0.5, 0.6) is 5.75 Å². The van der Waals surface area contributed by atoms with Gasteiger partial charge in [0.05, 0.1) is 6.10 Å². The number of carbonyl (C=O) groups excluding carboxylic acids is 1. The zero-order chi connectivity index (χ0) is 24.0. The van der Waals surface area contributed by atoms with E-state index >= 15 is 0 Å². The van der Waals surface area contributed by atoms with Gasteiger partial charge in [-0.3, -0.25) is 4.79 Å². The molecule has 33 heavy (non-hydrogen) atoms. The van der Waals surface area contributed by atoms with Gasteiger partial charge in [-0.05, 0) is 53.8 Å². The van der Waals surface area contributed by atoms with Crippen LogP contribution in [0.3, 0.4) is 0 Å². The van der Waals surface area contributed by atoms with Gasteiger partial charge in [-0.2, -0.15) is 0 Å². The lowest BCUT2D eigenvalue weighted by atomic mass is 9.96. The second-order valence-corrected chi connectivity index (χ2v) is 7.92. The van der Waals surface area contributed by atoms with Crippen molar-refractivity contribution in [1.29, 1.82) is 0 Å². The summed E-state index contributed by atoms with van der Waals surface area (Å²) in [6.45, 7) is 1.66. The van der Waals surface area contributed by atoms with Crippen LogP contribution in [0, 0.1) is 5.82 Å². The Morgan fingerprint density at radius 2 is 1.97 bits per heavy atom. The van der Waals surface area contributed by atoms with Crippen molar-refractivity contribution >= 4 is 5.91 Å². The van der Waals surface area contributed by atoms with Crippen molar-refractivity contribution in [3.8, 4) is 16.9 Å². The number of rotatable bonds is 9. The van der Waals surface area contributed by atoms with Gasteiger partial charge in [0.15, 0.2) is 0 Å². The summed E-state index contributed by atoms with van der Waals surface area (Å²) in [5, 5.41) is 33.0. The monoisotopic (exact) mass is 463 g/mol. The molecule has 1 heterocycles. The summed E-state index contributed by atoms with van der Waals surface area (Å²) < 4.78 is 30.8. The summed E-state index contributed by atoms with van der Waals surface area (Å²) in [4.78, 5) is 11.2. The van der Waals surface area contributed by atoms with E-state index in [1.165, 1.54) is 26.2 Å². The largest absolute Gasteiger partial charge is 0.462 e. The van der Waals surface area contributed by atoms with Gasteiger partial charge in [-0.1, -0.05) is 18.2 Å². The minimum Gasteiger partial charge on any atom is -0.462 e. The third kappa shape index (κ3) is 6.27. The van der Waals surface area contributed by atoms with Crippen LogP contribution in [0.2, 0.25) is 0 Å². The highest BCUT2D eigenvalue weighted by Gasteiger charge is 2.45. The third-order valence-corrected chi connectivity index (χ3v) is 5.56. The lowest BCUT2D eigenvalue weighted by Gasteiger charge is -2.41. The number of halogens is 1. The zero-order valence-electron chi connectivity index (χ0n) is 18.6. The molecule has 5 atom stereocenters. The Kier molecular flexibility index (Phi) is 8.76. The predicted molar refractivity (Wildman–Crippen MR) is 118 cm³/mol. The Balaban J connectivity index is 1.87. The number of aliphatic hydroxyl groups excluding tert-OH is 3. The number of hydrogen-bond acceptors (Lipinski definition) is 7. The van der Waals surface area contributed by atoms with Crippen molar-refractivity contribution in [1.82, 2.24) is 5.32 Å². The molecule has 1 amide bonds. The maximum Gasteiger partial charge on any atom is 0.229 e. The molecular weight excluding hydrogens is 433 g/mol. The minimum absolute atomic E-state index is 0.143. The van der Waals surface area contributed by atoms with Crippen molar-refractivity contribution in [2.24, 2.45) is 0 Å². The van der Waals surface area contributed by atoms with Gasteiger partial charge in [0.2, 0.25) is 12.2 Å². The average Bonchev–Trinajstić information content (AvgIpc) is 2.78. The van der Waals surface area contributed by atoms with Gasteiger partial charge >= 0.3 is 0 Å². The first-order valence-corrected chi connectivity index (χ1v) is 10.8. The number of aliphatic hydroxyl groups is 3. The van der Waals surface area contributed by atoms with Crippen LogP contribution in [0.1, 0.15) is 18.9 Å². The molecular formula is C24H30FNO7. The van der Waals surface area contributed by atoms with E-state index in [4.69, 9.17) is 14.2 Å². The minimum atomic E-state index is -1.39. The number of methoxy groups -OCH3 is 1. The number of amides is 1. The van der Waals surface area contributed by atoms with E-state index in [2.05, 4.69) is 5.32 Å². The first-order chi connectivity index (χ1) is 15.8. The molecule has 1 saturated heterocycles. The molecule has 0 spiro atoms. The molecule has 0 aromatic heterocycles. The topological polar surface area (TPSA) is 117 Å².